The predicted octanol–water partition coefficient (Wildman–Crippen LogP) is 4.06. The number of thioether (sulfide) groups is 1. The summed E-state index contributed by atoms with van der Waals surface area (Å²) in [6, 6.07) is 12.9. The van der Waals surface area contributed by atoms with Gasteiger partial charge in [0.1, 0.15) is 17.7 Å². The molecule has 2 heterocycles. The van der Waals surface area contributed by atoms with Crippen molar-refractivity contribution >= 4 is 46.2 Å². The van der Waals surface area contributed by atoms with Gasteiger partial charge < -0.3 is 10.6 Å². The lowest BCUT2D eigenvalue weighted by Gasteiger charge is -2.26. The molecule has 2 aromatic carbocycles. The molecule has 10 heteroatoms. The maximum atomic E-state index is 13.4. The highest BCUT2D eigenvalue weighted by Crippen LogP contribution is 2.34. The van der Waals surface area contributed by atoms with Gasteiger partial charge in [-0.3, -0.25) is 19.4 Å². The molecule has 3 amide bonds. The van der Waals surface area contributed by atoms with Gasteiger partial charge in [-0.25, -0.2) is 14.3 Å². The predicted molar refractivity (Wildman–Crippen MR) is 146 cm³/mol. The second-order valence-electron chi connectivity index (χ2n) is 9.69. The molecule has 0 spiro atoms. The molecule has 1 saturated carbocycles. The highest BCUT2D eigenvalue weighted by molar-refractivity contribution is 8.14. The summed E-state index contributed by atoms with van der Waals surface area (Å²) in [5.74, 6) is -0.196. The Kier molecular flexibility index (Phi) is 8.17. The van der Waals surface area contributed by atoms with Crippen molar-refractivity contribution in [2.45, 2.75) is 63.6 Å². The highest BCUT2D eigenvalue weighted by Gasteiger charge is 2.41. The summed E-state index contributed by atoms with van der Waals surface area (Å²) in [7, 11) is 0. The third-order valence-electron chi connectivity index (χ3n) is 6.90. The van der Waals surface area contributed by atoms with Gasteiger partial charge in [-0.05, 0) is 49.1 Å². The Morgan fingerprint density at radius 3 is 2.58 bits per heavy atom. The van der Waals surface area contributed by atoms with Crippen LogP contribution in [0.3, 0.4) is 0 Å². The van der Waals surface area contributed by atoms with Crippen LogP contribution in [0.4, 0.5) is 10.1 Å². The number of amides is 3. The minimum Gasteiger partial charge on any atom is -0.353 e. The largest absolute Gasteiger partial charge is 0.353 e. The van der Waals surface area contributed by atoms with E-state index in [0.29, 0.717) is 16.7 Å². The number of nitrogens with zero attached hydrogens (tertiary/aromatic N) is 3. The summed E-state index contributed by atoms with van der Waals surface area (Å²) in [5, 5.41) is 6.33. The number of carbonyl (C=O) groups is 3. The Balaban J connectivity index is 1.21. The maximum Gasteiger partial charge on any atom is 0.259 e. The SMILES string of the molecule is O=C(CCC1N=C2c3ccccc3N=C(SCC(=O)NC3CCCCC3)N2C1=O)NCc1ccc(F)cc1. The molecule has 0 saturated heterocycles. The molecule has 0 bridgehead atoms. The topological polar surface area (TPSA) is 103 Å². The van der Waals surface area contributed by atoms with E-state index in [4.69, 9.17) is 0 Å². The van der Waals surface area contributed by atoms with E-state index in [9.17, 15) is 18.8 Å². The minimum atomic E-state index is -0.713. The molecule has 0 aromatic heterocycles. The van der Waals surface area contributed by atoms with Gasteiger partial charge in [0, 0.05) is 24.6 Å². The van der Waals surface area contributed by atoms with Crippen molar-refractivity contribution in [2.75, 3.05) is 5.75 Å². The second kappa shape index (κ2) is 11.9. The number of rotatable bonds is 8. The van der Waals surface area contributed by atoms with Gasteiger partial charge in [0.05, 0.1) is 11.4 Å². The fourth-order valence-corrected chi connectivity index (χ4v) is 5.70. The van der Waals surface area contributed by atoms with E-state index < -0.39 is 6.04 Å². The summed E-state index contributed by atoms with van der Waals surface area (Å²) >= 11 is 1.23. The standard InChI is InChI=1S/C28H30FN5O3S/c29-19-12-10-18(11-13-19)16-30-24(35)15-14-23-27(37)34-26(32-23)21-8-4-5-9-22(21)33-28(34)38-17-25(36)31-20-6-2-1-3-7-20/h4-5,8-13,20,23H,1-3,6-7,14-17H2,(H,30,35)(H,31,36). The van der Waals surface area contributed by atoms with E-state index in [2.05, 4.69) is 20.6 Å². The Bertz CT molecular complexity index is 1270. The van der Waals surface area contributed by atoms with Gasteiger partial charge in [0.25, 0.3) is 5.91 Å². The van der Waals surface area contributed by atoms with E-state index >= 15 is 0 Å². The summed E-state index contributed by atoms with van der Waals surface area (Å²) < 4.78 is 13.1. The van der Waals surface area contributed by atoms with Crippen molar-refractivity contribution in [1.82, 2.24) is 15.5 Å². The number of carbonyl (C=O) groups excluding carboxylic acids is 3. The molecular weight excluding hydrogens is 505 g/mol. The molecule has 198 valence electrons. The number of aliphatic imine (C=N–C) groups is 2. The van der Waals surface area contributed by atoms with E-state index in [1.54, 1.807) is 12.1 Å². The molecule has 1 aliphatic carbocycles. The Labute approximate surface area is 225 Å². The molecule has 8 nitrogen and oxygen atoms in total. The Hall–Kier alpha value is -3.53. The van der Waals surface area contributed by atoms with Crippen molar-refractivity contribution in [2.24, 2.45) is 9.98 Å². The van der Waals surface area contributed by atoms with Crippen LogP contribution in [0.2, 0.25) is 0 Å². The summed E-state index contributed by atoms with van der Waals surface area (Å²) in [6.07, 6.45) is 5.86. The van der Waals surface area contributed by atoms with Crippen LogP contribution in [-0.4, -0.2) is 51.5 Å². The van der Waals surface area contributed by atoms with E-state index in [1.165, 1.54) is 35.2 Å². The van der Waals surface area contributed by atoms with Gasteiger partial charge >= 0.3 is 0 Å². The zero-order valence-electron chi connectivity index (χ0n) is 21.0. The van der Waals surface area contributed by atoms with Crippen LogP contribution >= 0.6 is 11.8 Å². The third kappa shape index (κ3) is 6.12. The van der Waals surface area contributed by atoms with Crippen molar-refractivity contribution in [3.63, 3.8) is 0 Å². The number of amidine groups is 2. The summed E-state index contributed by atoms with van der Waals surface area (Å²) in [5.41, 5.74) is 2.24. The number of nitrogens with one attached hydrogen (secondary N) is 2. The first-order valence-electron chi connectivity index (χ1n) is 13.0. The van der Waals surface area contributed by atoms with E-state index in [0.717, 1.165) is 36.8 Å². The van der Waals surface area contributed by atoms with Crippen molar-refractivity contribution in [3.05, 3.63) is 65.5 Å². The molecule has 0 radical (unpaired) electrons. The summed E-state index contributed by atoms with van der Waals surface area (Å²) in [4.78, 5) is 49.3. The molecule has 5 rings (SSSR count). The van der Waals surface area contributed by atoms with Gasteiger partial charge in [-0.2, -0.15) is 0 Å². The second-order valence-corrected chi connectivity index (χ2v) is 10.6. The van der Waals surface area contributed by atoms with Crippen molar-refractivity contribution in [1.29, 1.82) is 0 Å². The highest BCUT2D eigenvalue weighted by atomic mass is 32.2. The zero-order chi connectivity index (χ0) is 26.5. The monoisotopic (exact) mass is 535 g/mol. The lowest BCUT2D eigenvalue weighted by Crippen LogP contribution is -2.42. The first-order valence-corrected chi connectivity index (χ1v) is 14.0. The molecular formula is C28H30FN5O3S. The Morgan fingerprint density at radius 1 is 1.03 bits per heavy atom. The van der Waals surface area contributed by atoms with E-state index in [-0.39, 0.29) is 54.7 Å². The molecule has 2 aromatic rings. The van der Waals surface area contributed by atoms with Crippen LogP contribution in [-0.2, 0) is 20.9 Å². The normalized spacial score (nSPS) is 18.8. The molecule has 1 atom stereocenters. The first kappa shape index (κ1) is 26.1. The van der Waals surface area contributed by atoms with Crippen LogP contribution in [0.5, 0.6) is 0 Å². The third-order valence-corrected chi connectivity index (χ3v) is 7.84. The lowest BCUT2D eigenvalue weighted by atomic mass is 9.95. The quantitative estimate of drug-likeness (QED) is 0.532. The molecule has 2 N–H and O–H groups in total. The van der Waals surface area contributed by atoms with Crippen molar-refractivity contribution < 1.29 is 18.8 Å². The first-order chi connectivity index (χ1) is 18.5. The number of fused-ring (bicyclic) bond motifs is 3. The average molecular weight is 536 g/mol. The molecule has 1 fully saturated rings. The minimum absolute atomic E-state index is 0.0667. The molecule has 38 heavy (non-hydrogen) atoms. The smallest absolute Gasteiger partial charge is 0.259 e. The van der Waals surface area contributed by atoms with Gasteiger partial charge in [-0.15, -0.1) is 0 Å². The molecule has 2 aliphatic heterocycles. The Morgan fingerprint density at radius 2 is 1.79 bits per heavy atom. The van der Waals surface area contributed by atoms with Gasteiger partial charge in [0.15, 0.2) is 5.17 Å². The van der Waals surface area contributed by atoms with Crippen molar-refractivity contribution in [3.8, 4) is 0 Å². The van der Waals surface area contributed by atoms with Gasteiger partial charge in [-0.1, -0.05) is 55.3 Å². The average Bonchev–Trinajstić information content (AvgIpc) is 3.27. The van der Waals surface area contributed by atoms with Crippen LogP contribution in [0.25, 0.3) is 0 Å². The molecule has 3 aliphatic rings. The number of para-hydroxylation sites is 1. The summed E-state index contributed by atoms with van der Waals surface area (Å²) in [6.45, 7) is 0.280. The fourth-order valence-electron chi connectivity index (χ4n) is 4.89. The number of benzene rings is 2. The van der Waals surface area contributed by atoms with Crippen LogP contribution < -0.4 is 10.6 Å². The zero-order valence-corrected chi connectivity index (χ0v) is 21.8. The van der Waals surface area contributed by atoms with Crippen LogP contribution in [0, 0.1) is 5.82 Å². The maximum absolute atomic E-state index is 13.4. The number of hydrogen-bond acceptors (Lipinski definition) is 6. The molecule has 1 unspecified atom stereocenters. The van der Waals surface area contributed by atoms with Crippen LogP contribution in [0.15, 0.2) is 58.5 Å². The van der Waals surface area contributed by atoms with E-state index in [1.807, 2.05) is 24.3 Å². The number of hydrogen-bond donors (Lipinski definition) is 2. The van der Waals surface area contributed by atoms with Gasteiger partial charge in [0.2, 0.25) is 11.8 Å². The fraction of sp³-hybridized carbons (Fsp3) is 0.393. The van der Waals surface area contributed by atoms with Crippen LogP contribution in [0.1, 0.15) is 56.1 Å². The lowest BCUT2D eigenvalue weighted by molar-refractivity contribution is -0.125. The number of halogens is 1.